The molecule has 2 aromatic rings. The van der Waals surface area contributed by atoms with Crippen LogP contribution >= 0.6 is 0 Å². The Balaban J connectivity index is 1.95. The molecule has 1 heterocycles. The number of benzene rings is 2. The molecule has 2 aromatic carbocycles. The van der Waals surface area contributed by atoms with Crippen LogP contribution in [0.1, 0.15) is 49.8 Å². The minimum atomic E-state index is -0.859. The number of aryl methyl sites for hydroxylation is 1. The number of carbonyl (C=O) groups is 3. The van der Waals surface area contributed by atoms with Crippen molar-refractivity contribution in [1.82, 2.24) is 9.80 Å². The van der Waals surface area contributed by atoms with E-state index in [0.29, 0.717) is 31.4 Å². The SMILES string of the molecule is Cc1ccc(C(=NO)N(C(=O)Cc2ccccc2)C(=O)[C@@H]2CCCN2C(=O)C(N)CC(C)C)cc1. The standard InChI is InChI=1S/C27H34N4O4/c1-18(2)16-22(28)26(33)30-15-7-10-23(30)27(34)31(24(32)17-20-8-5-4-6-9-20)25(29-35)21-13-11-19(3)12-14-21/h4-6,8-9,11-14,18,22-23,35H,7,10,15-17,28H2,1-3H3/t22?,23-/m0/s1. The van der Waals surface area contributed by atoms with Crippen molar-refractivity contribution >= 4 is 23.6 Å². The molecule has 3 N–H and O–H groups in total. The van der Waals surface area contributed by atoms with E-state index in [1.54, 1.807) is 36.4 Å². The Morgan fingerprint density at radius 1 is 1.11 bits per heavy atom. The van der Waals surface area contributed by atoms with Crippen molar-refractivity contribution < 1.29 is 19.6 Å². The molecule has 0 radical (unpaired) electrons. The van der Waals surface area contributed by atoms with Gasteiger partial charge in [-0.1, -0.05) is 79.2 Å². The lowest BCUT2D eigenvalue weighted by atomic mass is 10.0. The number of hydrogen-bond acceptors (Lipinski definition) is 6. The fourth-order valence-corrected chi connectivity index (χ4v) is 4.39. The molecule has 3 amide bonds. The fraction of sp³-hybridized carbons (Fsp3) is 0.407. The van der Waals surface area contributed by atoms with Gasteiger partial charge in [-0.05, 0) is 37.7 Å². The molecule has 1 aliphatic rings. The van der Waals surface area contributed by atoms with Gasteiger partial charge in [-0.3, -0.25) is 14.4 Å². The predicted molar refractivity (Wildman–Crippen MR) is 134 cm³/mol. The van der Waals surface area contributed by atoms with Gasteiger partial charge in [0.25, 0.3) is 5.91 Å². The molecule has 8 heteroatoms. The maximum absolute atomic E-state index is 13.9. The van der Waals surface area contributed by atoms with E-state index in [4.69, 9.17) is 5.73 Å². The van der Waals surface area contributed by atoms with E-state index < -0.39 is 23.9 Å². The molecule has 0 aromatic heterocycles. The average molecular weight is 479 g/mol. The van der Waals surface area contributed by atoms with Crippen molar-refractivity contribution in [3.63, 3.8) is 0 Å². The fourth-order valence-electron chi connectivity index (χ4n) is 4.39. The third-order valence-corrected chi connectivity index (χ3v) is 6.15. The average Bonchev–Trinajstić information content (AvgIpc) is 3.32. The molecule has 0 spiro atoms. The van der Waals surface area contributed by atoms with E-state index >= 15 is 0 Å². The second-order valence-electron chi connectivity index (χ2n) is 9.45. The van der Waals surface area contributed by atoms with Crippen LogP contribution in [-0.4, -0.2) is 57.2 Å². The van der Waals surface area contributed by atoms with E-state index in [1.807, 2.05) is 39.0 Å². The summed E-state index contributed by atoms with van der Waals surface area (Å²) >= 11 is 0. The lowest BCUT2D eigenvalue weighted by Gasteiger charge is -2.31. The molecule has 1 unspecified atom stereocenters. The summed E-state index contributed by atoms with van der Waals surface area (Å²) in [5.74, 6) is -1.38. The zero-order valence-electron chi connectivity index (χ0n) is 20.6. The molecule has 0 aliphatic carbocycles. The van der Waals surface area contributed by atoms with E-state index in [0.717, 1.165) is 16.0 Å². The molecule has 1 aliphatic heterocycles. The van der Waals surface area contributed by atoms with Crippen molar-refractivity contribution in [1.29, 1.82) is 0 Å². The normalized spacial score (nSPS) is 16.9. The summed E-state index contributed by atoms with van der Waals surface area (Å²) in [6.45, 7) is 6.26. The number of amides is 3. The maximum Gasteiger partial charge on any atom is 0.257 e. The Hall–Kier alpha value is -3.52. The van der Waals surface area contributed by atoms with Crippen LogP contribution < -0.4 is 5.73 Å². The van der Waals surface area contributed by atoms with Gasteiger partial charge in [-0.15, -0.1) is 0 Å². The smallest absolute Gasteiger partial charge is 0.257 e. The third-order valence-electron chi connectivity index (χ3n) is 6.15. The van der Waals surface area contributed by atoms with Gasteiger partial charge in [-0.2, -0.15) is 0 Å². The van der Waals surface area contributed by atoms with Gasteiger partial charge in [0.15, 0.2) is 5.84 Å². The number of rotatable bonds is 7. The highest BCUT2D eigenvalue weighted by Crippen LogP contribution is 2.23. The zero-order valence-corrected chi connectivity index (χ0v) is 20.6. The highest BCUT2D eigenvalue weighted by atomic mass is 16.4. The molecule has 1 saturated heterocycles. The molecule has 8 nitrogen and oxygen atoms in total. The number of oxime groups is 1. The largest absolute Gasteiger partial charge is 0.409 e. The zero-order chi connectivity index (χ0) is 25.5. The van der Waals surface area contributed by atoms with Crippen molar-refractivity contribution in [2.75, 3.05) is 6.54 Å². The number of nitrogens with zero attached hydrogens (tertiary/aromatic N) is 3. The Labute approximate surface area is 206 Å². The van der Waals surface area contributed by atoms with E-state index in [2.05, 4.69) is 5.16 Å². The van der Waals surface area contributed by atoms with E-state index in [-0.39, 0.29) is 24.1 Å². The summed E-state index contributed by atoms with van der Waals surface area (Å²) < 4.78 is 0. The number of amidine groups is 1. The molecule has 2 atom stereocenters. The van der Waals surface area contributed by atoms with Crippen LogP contribution in [-0.2, 0) is 20.8 Å². The minimum Gasteiger partial charge on any atom is -0.409 e. The molecule has 1 fully saturated rings. The third kappa shape index (κ3) is 6.33. The summed E-state index contributed by atoms with van der Waals surface area (Å²) in [5.41, 5.74) is 8.26. The Kier molecular flexibility index (Phi) is 8.76. The van der Waals surface area contributed by atoms with Crippen molar-refractivity contribution in [2.45, 2.75) is 58.5 Å². The first kappa shape index (κ1) is 26.1. The molecule has 35 heavy (non-hydrogen) atoms. The lowest BCUT2D eigenvalue weighted by Crippen LogP contribution is -2.55. The van der Waals surface area contributed by atoms with E-state index in [9.17, 15) is 19.6 Å². The number of carbonyl (C=O) groups excluding carboxylic acids is 3. The molecule has 0 bridgehead atoms. The highest BCUT2D eigenvalue weighted by molar-refractivity contribution is 6.20. The van der Waals surface area contributed by atoms with Crippen LogP contribution in [0.2, 0.25) is 0 Å². The van der Waals surface area contributed by atoms with Gasteiger partial charge in [0.05, 0.1) is 12.5 Å². The van der Waals surface area contributed by atoms with Gasteiger partial charge < -0.3 is 15.8 Å². The lowest BCUT2D eigenvalue weighted by molar-refractivity contribution is -0.147. The van der Waals surface area contributed by atoms with Crippen molar-refractivity contribution in [3.05, 3.63) is 71.3 Å². The van der Waals surface area contributed by atoms with Crippen LogP contribution in [0.4, 0.5) is 0 Å². The number of imide groups is 1. The maximum atomic E-state index is 13.9. The monoisotopic (exact) mass is 478 g/mol. The van der Waals surface area contributed by atoms with Crippen LogP contribution in [0, 0.1) is 12.8 Å². The summed E-state index contributed by atoms with van der Waals surface area (Å²) in [5, 5.41) is 13.3. The topological polar surface area (TPSA) is 116 Å². The number of nitrogens with two attached hydrogens (primary N) is 1. The van der Waals surface area contributed by atoms with E-state index in [1.165, 1.54) is 4.90 Å². The highest BCUT2D eigenvalue weighted by Gasteiger charge is 2.41. The van der Waals surface area contributed by atoms with Gasteiger partial charge in [0.1, 0.15) is 6.04 Å². The molecule has 186 valence electrons. The quantitative estimate of drug-likeness (QED) is 0.275. The first-order valence-corrected chi connectivity index (χ1v) is 12.0. The van der Waals surface area contributed by atoms with Gasteiger partial charge in [-0.25, -0.2) is 4.90 Å². The van der Waals surface area contributed by atoms with Crippen LogP contribution in [0.5, 0.6) is 0 Å². The molecule has 3 rings (SSSR count). The van der Waals surface area contributed by atoms with Gasteiger partial charge in [0, 0.05) is 12.1 Å². The Morgan fingerprint density at radius 2 is 1.77 bits per heavy atom. The number of hydrogen-bond donors (Lipinski definition) is 2. The molecular formula is C27H34N4O4. The predicted octanol–water partition coefficient (Wildman–Crippen LogP) is 3.09. The van der Waals surface area contributed by atoms with Crippen molar-refractivity contribution in [2.24, 2.45) is 16.8 Å². The summed E-state index contributed by atoms with van der Waals surface area (Å²) in [6.07, 6.45) is 1.46. The first-order valence-electron chi connectivity index (χ1n) is 12.0. The summed E-state index contributed by atoms with van der Waals surface area (Å²) in [4.78, 5) is 42.8. The Bertz CT molecular complexity index is 1070. The van der Waals surface area contributed by atoms with Crippen LogP contribution in [0.25, 0.3) is 0 Å². The number of likely N-dealkylation sites (tertiary alicyclic amines) is 1. The van der Waals surface area contributed by atoms with Crippen LogP contribution in [0.3, 0.4) is 0 Å². The van der Waals surface area contributed by atoms with Gasteiger partial charge >= 0.3 is 0 Å². The van der Waals surface area contributed by atoms with Crippen LogP contribution in [0.15, 0.2) is 59.8 Å². The molecule has 0 saturated carbocycles. The molecular weight excluding hydrogens is 444 g/mol. The van der Waals surface area contributed by atoms with Crippen molar-refractivity contribution in [3.8, 4) is 0 Å². The summed E-state index contributed by atoms with van der Waals surface area (Å²) in [7, 11) is 0. The Morgan fingerprint density at radius 3 is 2.37 bits per heavy atom. The first-order chi connectivity index (χ1) is 16.7. The minimum absolute atomic E-state index is 0.0645. The second-order valence-corrected chi connectivity index (χ2v) is 9.45. The van der Waals surface area contributed by atoms with Gasteiger partial charge in [0.2, 0.25) is 11.8 Å². The summed E-state index contributed by atoms with van der Waals surface area (Å²) in [6, 6.07) is 14.5. The second kappa shape index (κ2) is 11.8.